The number of halogens is 4. The first kappa shape index (κ1) is 15.8. The van der Waals surface area contributed by atoms with Crippen molar-refractivity contribution in [3.8, 4) is 5.75 Å². The highest BCUT2D eigenvalue weighted by molar-refractivity contribution is 9.11. The molecule has 1 unspecified atom stereocenters. The highest BCUT2D eigenvalue weighted by Crippen LogP contribution is 2.38. The highest BCUT2D eigenvalue weighted by Gasteiger charge is 2.18. The summed E-state index contributed by atoms with van der Waals surface area (Å²) in [6, 6.07) is 10.3. The fourth-order valence-electron chi connectivity index (χ4n) is 1.84. The second kappa shape index (κ2) is 6.92. The van der Waals surface area contributed by atoms with Gasteiger partial charge in [-0.05, 0) is 36.8 Å². The van der Waals surface area contributed by atoms with Crippen LogP contribution in [0.15, 0.2) is 40.9 Å². The summed E-state index contributed by atoms with van der Waals surface area (Å²) in [6.07, 6.45) is 0. The van der Waals surface area contributed by atoms with E-state index in [0.717, 1.165) is 15.8 Å². The highest BCUT2D eigenvalue weighted by atomic mass is 79.9. The average Bonchev–Trinajstić information content (AvgIpc) is 2.38. The van der Waals surface area contributed by atoms with Crippen LogP contribution in [0.4, 0.5) is 4.39 Å². The topological polar surface area (TPSA) is 9.23 Å². The Morgan fingerprint density at radius 2 is 1.90 bits per heavy atom. The summed E-state index contributed by atoms with van der Waals surface area (Å²) >= 11 is 12.8. The zero-order valence-corrected chi connectivity index (χ0v) is 14.6. The first-order valence-electron chi connectivity index (χ1n) is 6.04. The van der Waals surface area contributed by atoms with Gasteiger partial charge < -0.3 is 4.74 Å². The van der Waals surface area contributed by atoms with Crippen molar-refractivity contribution in [2.24, 2.45) is 0 Å². The molecule has 0 aliphatic heterocycles. The summed E-state index contributed by atoms with van der Waals surface area (Å²) in [6.45, 7) is 2.54. The van der Waals surface area contributed by atoms with Crippen LogP contribution in [-0.4, -0.2) is 6.61 Å². The van der Waals surface area contributed by atoms with E-state index in [1.807, 2.05) is 25.1 Å². The molecule has 0 N–H and O–H groups in total. The molecule has 0 bridgehead atoms. The molecule has 106 valence electrons. The maximum Gasteiger partial charge on any atom is 0.129 e. The molecule has 0 amide bonds. The maximum atomic E-state index is 14.0. The van der Waals surface area contributed by atoms with Gasteiger partial charge in [0.2, 0.25) is 0 Å². The molecule has 1 nitrogen and oxygen atoms in total. The van der Waals surface area contributed by atoms with E-state index in [-0.39, 0.29) is 10.6 Å². The van der Waals surface area contributed by atoms with Gasteiger partial charge in [0.05, 0.1) is 11.4 Å². The van der Waals surface area contributed by atoms with Gasteiger partial charge in [-0.1, -0.05) is 55.6 Å². The van der Waals surface area contributed by atoms with Crippen molar-refractivity contribution in [1.82, 2.24) is 0 Å². The molecule has 0 aliphatic rings. The monoisotopic (exact) mass is 420 g/mol. The van der Waals surface area contributed by atoms with Crippen LogP contribution in [0, 0.1) is 5.82 Å². The quantitative estimate of drug-likeness (QED) is 0.539. The Balaban J connectivity index is 2.35. The molecule has 2 aromatic carbocycles. The predicted octanol–water partition coefficient (Wildman–Crippen LogP) is 6.12. The van der Waals surface area contributed by atoms with E-state index in [1.165, 1.54) is 6.07 Å². The molecule has 0 aliphatic carbocycles. The normalized spacial score (nSPS) is 12.2. The zero-order chi connectivity index (χ0) is 14.7. The summed E-state index contributed by atoms with van der Waals surface area (Å²) in [7, 11) is 0. The lowest BCUT2D eigenvalue weighted by Crippen LogP contribution is -1.99. The van der Waals surface area contributed by atoms with Crippen LogP contribution in [0.2, 0.25) is 5.02 Å². The molecule has 0 spiro atoms. The molecule has 5 heteroatoms. The van der Waals surface area contributed by atoms with Gasteiger partial charge in [0.25, 0.3) is 0 Å². The molecule has 2 aromatic rings. The summed E-state index contributed by atoms with van der Waals surface area (Å²) < 4.78 is 20.3. The molecule has 0 fully saturated rings. The van der Waals surface area contributed by atoms with E-state index in [1.54, 1.807) is 12.1 Å². The predicted molar refractivity (Wildman–Crippen MR) is 87.5 cm³/mol. The zero-order valence-electron chi connectivity index (χ0n) is 10.7. The van der Waals surface area contributed by atoms with Gasteiger partial charge in [-0.15, -0.1) is 0 Å². The summed E-state index contributed by atoms with van der Waals surface area (Å²) in [5, 5.41) is 0.386. The maximum absolute atomic E-state index is 14.0. The van der Waals surface area contributed by atoms with E-state index in [9.17, 15) is 4.39 Å². The third kappa shape index (κ3) is 3.54. The van der Waals surface area contributed by atoms with Crippen LogP contribution < -0.4 is 4.74 Å². The van der Waals surface area contributed by atoms with Crippen molar-refractivity contribution in [3.63, 3.8) is 0 Å². The Hall–Kier alpha value is -0.580. The molecule has 0 radical (unpaired) electrons. The largest absolute Gasteiger partial charge is 0.494 e. The van der Waals surface area contributed by atoms with Gasteiger partial charge in [-0.25, -0.2) is 4.39 Å². The van der Waals surface area contributed by atoms with E-state index >= 15 is 0 Å². The van der Waals surface area contributed by atoms with Gasteiger partial charge >= 0.3 is 0 Å². The lowest BCUT2D eigenvalue weighted by atomic mass is 10.0. The van der Waals surface area contributed by atoms with E-state index in [4.69, 9.17) is 16.3 Å². The van der Waals surface area contributed by atoms with Gasteiger partial charge in [0.1, 0.15) is 11.6 Å². The molecular formula is C15H12Br2ClFO. The standard InChI is InChI=1S/C15H12Br2ClFO/c1-2-20-10-4-6-11(13(16)8-10)15(17)12-5-3-9(18)7-14(12)19/h3-8,15H,2H2,1H3. The summed E-state index contributed by atoms with van der Waals surface area (Å²) in [5.41, 5.74) is 1.47. The van der Waals surface area contributed by atoms with E-state index in [2.05, 4.69) is 31.9 Å². The fourth-order valence-corrected chi connectivity index (χ4v) is 3.67. The molecule has 0 aromatic heterocycles. The average molecular weight is 423 g/mol. The van der Waals surface area contributed by atoms with Crippen LogP contribution in [0.1, 0.15) is 22.9 Å². The van der Waals surface area contributed by atoms with E-state index in [0.29, 0.717) is 17.2 Å². The summed E-state index contributed by atoms with van der Waals surface area (Å²) in [4.78, 5) is -0.259. The van der Waals surface area contributed by atoms with Crippen molar-refractivity contribution in [1.29, 1.82) is 0 Å². The number of benzene rings is 2. The Bertz CT molecular complexity index is 619. The first-order chi connectivity index (χ1) is 9.52. The van der Waals surface area contributed by atoms with Crippen LogP contribution >= 0.6 is 43.5 Å². The number of hydrogen-bond acceptors (Lipinski definition) is 1. The number of rotatable bonds is 4. The Labute approximate surface area is 139 Å². The minimum atomic E-state index is -0.333. The Kier molecular flexibility index (Phi) is 5.47. The van der Waals surface area contributed by atoms with Crippen LogP contribution in [0.3, 0.4) is 0 Å². The smallest absolute Gasteiger partial charge is 0.129 e. The van der Waals surface area contributed by atoms with Gasteiger partial charge in [0, 0.05) is 15.1 Å². The minimum absolute atomic E-state index is 0.259. The van der Waals surface area contributed by atoms with Crippen molar-refractivity contribution in [3.05, 3.63) is 62.8 Å². The van der Waals surface area contributed by atoms with Gasteiger partial charge in [0.15, 0.2) is 0 Å². The van der Waals surface area contributed by atoms with Crippen LogP contribution in [-0.2, 0) is 0 Å². The number of hydrogen-bond donors (Lipinski definition) is 0. The molecular weight excluding hydrogens is 410 g/mol. The lowest BCUT2D eigenvalue weighted by Gasteiger charge is -2.15. The third-order valence-electron chi connectivity index (χ3n) is 2.79. The lowest BCUT2D eigenvalue weighted by molar-refractivity contribution is 0.340. The number of alkyl halides is 1. The van der Waals surface area contributed by atoms with Crippen molar-refractivity contribution < 1.29 is 9.13 Å². The van der Waals surface area contributed by atoms with Crippen LogP contribution in [0.25, 0.3) is 0 Å². The van der Waals surface area contributed by atoms with Crippen molar-refractivity contribution in [2.45, 2.75) is 11.8 Å². The molecule has 1 atom stereocenters. The summed E-state index contributed by atoms with van der Waals surface area (Å²) in [5.74, 6) is 0.444. The second-order valence-corrected chi connectivity index (χ2v) is 6.35. The van der Waals surface area contributed by atoms with E-state index < -0.39 is 0 Å². The molecule has 20 heavy (non-hydrogen) atoms. The molecule has 0 saturated carbocycles. The number of ether oxygens (including phenoxy) is 1. The first-order valence-corrected chi connectivity index (χ1v) is 8.13. The van der Waals surface area contributed by atoms with Crippen molar-refractivity contribution >= 4 is 43.5 Å². The van der Waals surface area contributed by atoms with Gasteiger partial charge in [-0.3, -0.25) is 0 Å². The van der Waals surface area contributed by atoms with Gasteiger partial charge in [-0.2, -0.15) is 0 Å². The SMILES string of the molecule is CCOc1ccc(C(Br)c2ccc(Cl)cc2F)c(Br)c1. The van der Waals surface area contributed by atoms with Crippen molar-refractivity contribution in [2.75, 3.05) is 6.61 Å². The van der Waals surface area contributed by atoms with Crippen LogP contribution in [0.5, 0.6) is 5.75 Å². The molecule has 2 rings (SSSR count). The molecule has 0 heterocycles. The fraction of sp³-hybridized carbons (Fsp3) is 0.200. The molecule has 0 saturated heterocycles. The second-order valence-electron chi connectivity index (χ2n) is 4.14. The Morgan fingerprint density at radius 3 is 2.50 bits per heavy atom. The Morgan fingerprint density at radius 1 is 1.20 bits per heavy atom. The minimum Gasteiger partial charge on any atom is -0.494 e. The third-order valence-corrected chi connectivity index (χ3v) is 4.70.